The third-order valence-corrected chi connectivity index (χ3v) is 1.11. The summed E-state index contributed by atoms with van der Waals surface area (Å²) >= 11 is 0. The quantitative estimate of drug-likeness (QED) is 0.214. The smallest absolute Gasteiger partial charge is 0.373 e. The Morgan fingerprint density at radius 3 is 1.00 bits per heavy atom. The molecule has 0 saturated heterocycles. The molecule has 0 N–H and O–H groups in total. The van der Waals surface area contributed by atoms with E-state index in [9.17, 15) is 0 Å². The first kappa shape index (κ1) is 15.2. The van der Waals surface area contributed by atoms with Gasteiger partial charge in [0.25, 0.3) is 0 Å². The summed E-state index contributed by atoms with van der Waals surface area (Å²) in [6.07, 6.45) is 0. The molecule has 1 radical (unpaired) electrons. The van der Waals surface area contributed by atoms with Crippen molar-refractivity contribution in [2.75, 3.05) is 0 Å². The summed E-state index contributed by atoms with van der Waals surface area (Å²) in [5.74, 6) is 0. The van der Waals surface area contributed by atoms with E-state index in [2.05, 4.69) is 0 Å². The van der Waals surface area contributed by atoms with E-state index >= 15 is 0 Å². The fourth-order valence-electron chi connectivity index (χ4n) is 0.642. The zero-order valence-corrected chi connectivity index (χ0v) is 9.18. The van der Waals surface area contributed by atoms with Crippen molar-refractivity contribution in [3.05, 3.63) is 76.6 Å². The van der Waals surface area contributed by atoms with Gasteiger partial charge in [0.1, 0.15) is 0 Å². The van der Waals surface area contributed by atoms with Crippen LogP contribution in [0.25, 0.3) is 16.0 Å². The average molecular weight is 220 g/mol. The van der Waals surface area contributed by atoms with E-state index in [1.807, 2.05) is 60.7 Å². The minimum Gasteiger partial charge on any atom is -0.373 e. The number of rotatable bonds is 0. The summed E-state index contributed by atoms with van der Waals surface area (Å²) in [5.41, 5.74) is 13.5. The SMILES string of the molecule is [N-]=[N+]=[N-].[Ti+3].c1cc[cH-]c1.c1cc[cH-]c1. The third kappa shape index (κ3) is 13.3. The zero-order chi connectivity index (χ0) is 9.78. The molecule has 0 unspecified atom stereocenters. The molecule has 0 aliphatic carbocycles. The summed E-state index contributed by atoms with van der Waals surface area (Å²) in [7, 11) is 0. The first-order valence-corrected chi connectivity index (χ1v) is 3.73. The van der Waals surface area contributed by atoms with E-state index < -0.39 is 0 Å². The van der Waals surface area contributed by atoms with Crippen molar-refractivity contribution < 1.29 is 21.7 Å². The van der Waals surface area contributed by atoms with Crippen LogP contribution in [0.5, 0.6) is 0 Å². The van der Waals surface area contributed by atoms with Crippen molar-refractivity contribution in [1.29, 1.82) is 0 Å². The van der Waals surface area contributed by atoms with Crippen LogP contribution in [0.15, 0.2) is 60.7 Å². The van der Waals surface area contributed by atoms with Gasteiger partial charge in [0.05, 0.1) is 0 Å². The van der Waals surface area contributed by atoms with Crippen LogP contribution in [-0.4, -0.2) is 0 Å². The van der Waals surface area contributed by atoms with Crippen molar-refractivity contribution >= 4 is 0 Å². The van der Waals surface area contributed by atoms with Gasteiger partial charge in [0.15, 0.2) is 0 Å². The maximum Gasteiger partial charge on any atom is 3.00 e. The van der Waals surface area contributed by atoms with Crippen molar-refractivity contribution in [3.8, 4) is 0 Å². The van der Waals surface area contributed by atoms with Gasteiger partial charge >= 0.3 is 21.7 Å². The van der Waals surface area contributed by atoms with Gasteiger partial charge in [0.2, 0.25) is 0 Å². The van der Waals surface area contributed by atoms with Gasteiger partial charge in [-0.1, -0.05) is 0 Å². The summed E-state index contributed by atoms with van der Waals surface area (Å²) in [5, 5.41) is 0. The molecule has 0 aromatic heterocycles. The molecule has 3 nitrogen and oxygen atoms in total. The van der Waals surface area contributed by atoms with Gasteiger partial charge in [-0.05, 0) is 0 Å². The van der Waals surface area contributed by atoms with Gasteiger partial charge in [-0.15, -0.1) is 0 Å². The largest absolute Gasteiger partial charge is 3.00 e. The van der Waals surface area contributed by atoms with Gasteiger partial charge in [-0.2, -0.15) is 36.4 Å². The Morgan fingerprint density at radius 2 is 0.929 bits per heavy atom. The predicted molar refractivity (Wildman–Crippen MR) is 54.1 cm³/mol. The van der Waals surface area contributed by atoms with Gasteiger partial charge in [-0.25, -0.2) is 24.3 Å². The fraction of sp³-hybridized carbons (Fsp3) is 0. The molecular weight excluding hydrogens is 210 g/mol. The van der Waals surface area contributed by atoms with Crippen molar-refractivity contribution in [2.45, 2.75) is 0 Å². The predicted octanol–water partition coefficient (Wildman–Crippen LogP) is 3.67. The molecule has 14 heavy (non-hydrogen) atoms. The molecule has 69 valence electrons. The molecule has 2 aromatic carbocycles. The second-order valence-corrected chi connectivity index (χ2v) is 2.01. The molecule has 0 bridgehead atoms. The molecule has 0 aliphatic rings. The van der Waals surface area contributed by atoms with Crippen LogP contribution in [0.4, 0.5) is 0 Å². The maximum absolute atomic E-state index is 6.75. The second kappa shape index (κ2) is 14.3. The Morgan fingerprint density at radius 1 is 0.714 bits per heavy atom. The summed E-state index contributed by atoms with van der Waals surface area (Å²) in [6, 6.07) is 20.0. The van der Waals surface area contributed by atoms with Crippen LogP contribution in [0.3, 0.4) is 0 Å². The molecule has 0 atom stereocenters. The number of hydrogen-bond acceptors (Lipinski definition) is 0. The van der Waals surface area contributed by atoms with E-state index in [1.54, 1.807) is 0 Å². The van der Waals surface area contributed by atoms with Crippen LogP contribution >= 0.6 is 0 Å². The van der Waals surface area contributed by atoms with Crippen molar-refractivity contribution in [1.82, 2.24) is 0 Å². The van der Waals surface area contributed by atoms with Crippen LogP contribution < -0.4 is 0 Å². The first-order chi connectivity index (χ1) is 6.41. The summed E-state index contributed by atoms with van der Waals surface area (Å²) in [4.78, 5) is 1.50. The monoisotopic (exact) mass is 220 g/mol. The van der Waals surface area contributed by atoms with Gasteiger partial charge < -0.3 is 11.1 Å². The average Bonchev–Trinajstić information content (AvgIpc) is 2.85. The topological polar surface area (TPSA) is 58.7 Å². The Hall–Kier alpha value is -1.28. The molecule has 0 fully saturated rings. The molecular formula is C10H10N3Ti. The number of hydrogen-bond donors (Lipinski definition) is 0. The zero-order valence-electron chi connectivity index (χ0n) is 7.62. The van der Waals surface area contributed by atoms with Crippen LogP contribution in [-0.2, 0) is 21.7 Å². The molecule has 4 heteroatoms. The van der Waals surface area contributed by atoms with Gasteiger partial charge in [-0.3, -0.25) is 4.91 Å². The van der Waals surface area contributed by atoms with E-state index in [-0.39, 0.29) is 21.7 Å². The first-order valence-electron chi connectivity index (χ1n) is 3.73. The van der Waals surface area contributed by atoms with E-state index in [0.717, 1.165) is 0 Å². The van der Waals surface area contributed by atoms with Crippen LogP contribution in [0, 0.1) is 0 Å². The Balaban J connectivity index is 0. The Bertz CT molecular complexity index is 220. The standard InChI is InChI=1S/2C5H5.N3.Ti/c2*1-2-4-5-3-1;1-3-2;/h2*1-5H;;/q3*-1;+3. The second-order valence-electron chi connectivity index (χ2n) is 2.01. The molecule has 0 heterocycles. The molecule has 0 amide bonds. The van der Waals surface area contributed by atoms with Crippen molar-refractivity contribution in [2.24, 2.45) is 0 Å². The molecule has 0 aliphatic heterocycles. The summed E-state index contributed by atoms with van der Waals surface area (Å²) in [6.45, 7) is 0. The minimum absolute atomic E-state index is 0. The fourth-order valence-corrected chi connectivity index (χ4v) is 0.642. The number of nitrogens with zero attached hydrogens (tertiary/aromatic N) is 3. The van der Waals surface area contributed by atoms with E-state index in [4.69, 9.17) is 11.1 Å². The Labute approximate surface area is 98.4 Å². The minimum atomic E-state index is 0. The maximum atomic E-state index is 6.75. The molecule has 0 saturated carbocycles. The molecule has 2 rings (SSSR count). The van der Waals surface area contributed by atoms with Crippen LogP contribution in [0.1, 0.15) is 0 Å². The third-order valence-electron chi connectivity index (χ3n) is 1.11. The Kier molecular flexibility index (Phi) is 15.5. The van der Waals surface area contributed by atoms with E-state index in [1.165, 1.54) is 4.91 Å². The normalized spacial score (nSPS) is 6.29. The van der Waals surface area contributed by atoms with Gasteiger partial charge in [0, 0.05) is 0 Å². The molecule has 2 aromatic rings. The van der Waals surface area contributed by atoms with Crippen molar-refractivity contribution in [3.63, 3.8) is 0 Å². The summed E-state index contributed by atoms with van der Waals surface area (Å²) < 4.78 is 0. The van der Waals surface area contributed by atoms with Crippen LogP contribution in [0.2, 0.25) is 0 Å². The molecule has 0 spiro atoms. The van der Waals surface area contributed by atoms with E-state index in [0.29, 0.717) is 0 Å².